The summed E-state index contributed by atoms with van der Waals surface area (Å²) in [5.41, 5.74) is 3.80. The Balaban J connectivity index is 2.15. The summed E-state index contributed by atoms with van der Waals surface area (Å²) >= 11 is 1.11. The zero-order valence-electron chi connectivity index (χ0n) is 9.99. The number of nitro benzene ring substituents is 1. The van der Waals surface area contributed by atoms with Gasteiger partial charge in [-0.15, -0.1) is 5.10 Å². The summed E-state index contributed by atoms with van der Waals surface area (Å²) in [5, 5.41) is 15.2. The predicted molar refractivity (Wildman–Crippen MR) is 69.9 cm³/mol. The molecule has 0 aliphatic heterocycles. The normalized spacial score (nSPS) is 10.2. The number of rotatable bonds is 5. The number of aromatic nitrogens is 2. The Bertz CT molecular complexity index is 601. The molecule has 0 amide bonds. The topological polar surface area (TPSA) is 116 Å². The van der Waals surface area contributed by atoms with Crippen LogP contribution >= 0.6 is 11.5 Å². The lowest BCUT2D eigenvalue weighted by molar-refractivity contribution is -0.385. The fourth-order valence-corrected chi connectivity index (χ4v) is 1.90. The minimum absolute atomic E-state index is 0.0193. The van der Waals surface area contributed by atoms with E-state index in [0.29, 0.717) is 16.4 Å². The Hall–Kier alpha value is -2.26. The highest BCUT2D eigenvalue weighted by Crippen LogP contribution is 2.26. The maximum Gasteiger partial charge on any atom is 0.273 e. The smallest absolute Gasteiger partial charge is 0.273 e. The van der Waals surface area contributed by atoms with Gasteiger partial charge in [0.15, 0.2) is 5.00 Å². The van der Waals surface area contributed by atoms with Gasteiger partial charge < -0.3 is 10.2 Å². The van der Waals surface area contributed by atoms with Gasteiger partial charge >= 0.3 is 0 Å². The second-order valence-electron chi connectivity index (χ2n) is 3.69. The first-order valence-corrected chi connectivity index (χ1v) is 6.05. The van der Waals surface area contributed by atoms with E-state index in [1.807, 2.05) is 0 Å². The first-order valence-electron chi connectivity index (χ1n) is 5.27. The summed E-state index contributed by atoms with van der Waals surface area (Å²) in [6.07, 6.45) is 0. The van der Waals surface area contributed by atoms with Crippen molar-refractivity contribution in [3.05, 3.63) is 39.6 Å². The van der Waals surface area contributed by atoms with Gasteiger partial charge in [0.2, 0.25) is 0 Å². The van der Waals surface area contributed by atoms with Crippen LogP contribution in [0.2, 0.25) is 0 Å². The zero-order chi connectivity index (χ0) is 13.8. The van der Waals surface area contributed by atoms with Crippen molar-refractivity contribution < 1.29 is 9.66 Å². The molecule has 3 N–H and O–H groups in total. The first kappa shape index (κ1) is 13.2. The third kappa shape index (κ3) is 2.95. The van der Waals surface area contributed by atoms with Crippen molar-refractivity contribution in [2.75, 3.05) is 5.43 Å². The second kappa shape index (κ2) is 5.59. The SMILES string of the molecule is Cc1ccc([N+](=O)[O-])cc1OCc1nnsc1NN. The second-order valence-corrected chi connectivity index (χ2v) is 4.44. The van der Waals surface area contributed by atoms with Gasteiger partial charge in [-0.25, -0.2) is 5.84 Å². The summed E-state index contributed by atoms with van der Waals surface area (Å²) in [4.78, 5) is 10.2. The van der Waals surface area contributed by atoms with Gasteiger partial charge in [0.25, 0.3) is 5.69 Å². The fraction of sp³-hybridized carbons (Fsp3) is 0.200. The summed E-state index contributed by atoms with van der Waals surface area (Å²) in [5.74, 6) is 5.73. The van der Waals surface area contributed by atoms with E-state index in [0.717, 1.165) is 17.1 Å². The van der Waals surface area contributed by atoms with Crippen molar-refractivity contribution in [3.63, 3.8) is 0 Å². The molecule has 2 rings (SSSR count). The quantitative estimate of drug-likeness (QED) is 0.486. The molecular weight excluding hydrogens is 270 g/mol. The molecule has 0 saturated carbocycles. The van der Waals surface area contributed by atoms with Crippen LogP contribution in [-0.4, -0.2) is 14.5 Å². The molecule has 0 aliphatic carbocycles. The van der Waals surface area contributed by atoms with E-state index >= 15 is 0 Å². The number of anilines is 1. The monoisotopic (exact) mass is 281 g/mol. The Kier molecular flexibility index (Phi) is 3.88. The van der Waals surface area contributed by atoms with Crippen LogP contribution < -0.4 is 16.0 Å². The van der Waals surface area contributed by atoms with Crippen LogP contribution in [0.4, 0.5) is 10.7 Å². The van der Waals surface area contributed by atoms with E-state index in [1.54, 1.807) is 13.0 Å². The molecule has 8 nitrogen and oxygen atoms in total. The van der Waals surface area contributed by atoms with E-state index in [2.05, 4.69) is 15.0 Å². The third-order valence-electron chi connectivity index (χ3n) is 2.43. The van der Waals surface area contributed by atoms with Gasteiger partial charge in [-0.3, -0.25) is 10.1 Å². The molecular formula is C10H11N5O3S. The highest BCUT2D eigenvalue weighted by atomic mass is 32.1. The molecule has 2 aromatic rings. The van der Waals surface area contributed by atoms with E-state index < -0.39 is 4.92 Å². The number of nitrogens with zero attached hydrogens (tertiary/aromatic N) is 3. The summed E-state index contributed by atoms with van der Waals surface area (Å²) in [7, 11) is 0. The Morgan fingerprint density at radius 3 is 3.05 bits per heavy atom. The Labute approximate surface area is 112 Å². The molecule has 0 saturated heterocycles. The van der Waals surface area contributed by atoms with Gasteiger partial charge in [-0.1, -0.05) is 4.49 Å². The number of hydrazine groups is 1. The number of benzene rings is 1. The number of nitro groups is 1. The molecule has 0 bridgehead atoms. The molecule has 1 aromatic carbocycles. The summed E-state index contributed by atoms with van der Waals surface area (Å²) in [6, 6.07) is 4.44. The molecule has 0 fully saturated rings. The number of hydrogen-bond acceptors (Lipinski definition) is 8. The van der Waals surface area contributed by atoms with Gasteiger partial charge in [0, 0.05) is 17.6 Å². The van der Waals surface area contributed by atoms with Gasteiger partial charge in [-0.05, 0) is 18.6 Å². The lowest BCUT2D eigenvalue weighted by atomic mass is 10.2. The lowest BCUT2D eigenvalue weighted by Gasteiger charge is -2.08. The van der Waals surface area contributed by atoms with E-state index in [9.17, 15) is 10.1 Å². The highest BCUT2D eigenvalue weighted by Gasteiger charge is 2.12. The minimum atomic E-state index is -0.469. The van der Waals surface area contributed by atoms with Gasteiger partial charge in [-0.2, -0.15) is 0 Å². The van der Waals surface area contributed by atoms with E-state index in [4.69, 9.17) is 10.6 Å². The van der Waals surface area contributed by atoms with Crippen LogP contribution in [0.3, 0.4) is 0 Å². The Morgan fingerprint density at radius 2 is 2.37 bits per heavy atom. The number of nitrogen functional groups attached to an aromatic ring is 1. The van der Waals surface area contributed by atoms with E-state index in [-0.39, 0.29) is 12.3 Å². The number of nitrogens with one attached hydrogen (secondary N) is 1. The molecule has 1 aromatic heterocycles. The standard InChI is InChI=1S/C10H11N5O3S/c1-6-2-3-7(15(16)17)4-9(6)18-5-8-10(12-11)19-14-13-8/h2-4,12H,5,11H2,1H3. The third-order valence-corrected chi connectivity index (χ3v) is 3.13. The van der Waals surface area contributed by atoms with Crippen LogP contribution in [-0.2, 0) is 6.61 Å². The van der Waals surface area contributed by atoms with Crippen molar-refractivity contribution in [1.82, 2.24) is 9.59 Å². The van der Waals surface area contributed by atoms with Crippen LogP contribution in [0.1, 0.15) is 11.3 Å². The van der Waals surface area contributed by atoms with Gasteiger partial charge in [0.1, 0.15) is 18.1 Å². The van der Waals surface area contributed by atoms with Gasteiger partial charge in [0.05, 0.1) is 11.0 Å². The number of hydrogen-bond donors (Lipinski definition) is 2. The van der Waals surface area contributed by atoms with Crippen LogP contribution in [0.15, 0.2) is 18.2 Å². The number of ether oxygens (including phenoxy) is 1. The molecule has 0 radical (unpaired) electrons. The predicted octanol–water partition coefficient (Wildman–Crippen LogP) is 1.62. The first-order chi connectivity index (χ1) is 9.11. The highest BCUT2D eigenvalue weighted by molar-refractivity contribution is 7.10. The van der Waals surface area contributed by atoms with Crippen molar-refractivity contribution in [3.8, 4) is 5.75 Å². The summed E-state index contributed by atoms with van der Waals surface area (Å²) < 4.78 is 9.25. The number of nitrogens with two attached hydrogens (primary N) is 1. The molecule has 100 valence electrons. The van der Waals surface area contributed by atoms with E-state index in [1.165, 1.54) is 12.1 Å². The van der Waals surface area contributed by atoms with Crippen molar-refractivity contribution in [1.29, 1.82) is 0 Å². The van der Waals surface area contributed by atoms with Crippen molar-refractivity contribution in [2.24, 2.45) is 5.84 Å². The molecule has 0 spiro atoms. The number of aryl methyl sites for hydroxylation is 1. The maximum atomic E-state index is 10.7. The minimum Gasteiger partial charge on any atom is -0.487 e. The maximum absolute atomic E-state index is 10.7. The van der Waals surface area contributed by atoms with Crippen LogP contribution in [0, 0.1) is 17.0 Å². The van der Waals surface area contributed by atoms with Crippen LogP contribution in [0.25, 0.3) is 0 Å². The Morgan fingerprint density at radius 1 is 1.58 bits per heavy atom. The summed E-state index contributed by atoms with van der Waals surface area (Å²) in [6.45, 7) is 1.94. The van der Waals surface area contributed by atoms with Crippen molar-refractivity contribution in [2.45, 2.75) is 13.5 Å². The van der Waals surface area contributed by atoms with Crippen molar-refractivity contribution >= 4 is 22.2 Å². The average Bonchev–Trinajstić information content (AvgIpc) is 2.85. The number of non-ortho nitro benzene ring substituents is 1. The molecule has 0 aliphatic rings. The molecule has 0 atom stereocenters. The average molecular weight is 281 g/mol. The fourth-order valence-electron chi connectivity index (χ4n) is 1.42. The zero-order valence-corrected chi connectivity index (χ0v) is 10.8. The lowest BCUT2D eigenvalue weighted by Crippen LogP contribution is -2.08. The largest absolute Gasteiger partial charge is 0.487 e. The molecule has 9 heteroatoms. The molecule has 1 heterocycles. The molecule has 0 unspecified atom stereocenters. The molecule has 19 heavy (non-hydrogen) atoms. The van der Waals surface area contributed by atoms with Crippen LogP contribution in [0.5, 0.6) is 5.75 Å².